The number of alkyl halides is 3. The summed E-state index contributed by atoms with van der Waals surface area (Å²) in [5.41, 5.74) is -0.461. The maximum absolute atomic E-state index is 12.7. The Balaban J connectivity index is 1.90. The number of nitrogens with zero attached hydrogens (tertiary/aromatic N) is 2. The van der Waals surface area contributed by atoms with Gasteiger partial charge in [-0.15, -0.1) is 0 Å². The van der Waals surface area contributed by atoms with Crippen LogP contribution in [-0.2, 0) is 6.18 Å². The Morgan fingerprint density at radius 3 is 2.48 bits per heavy atom. The largest absolute Gasteiger partial charge is 0.505 e. The number of pyridine rings is 1. The van der Waals surface area contributed by atoms with Crippen molar-refractivity contribution < 1.29 is 28.2 Å². The highest BCUT2D eigenvalue weighted by molar-refractivity contribution is 5.95. The molecular formula is C17H15F3N2O3. The van der Waals surface area contributed by atoms with Crippen molar-refractivity contribution >= 4 is 5.91 Å². The van der Waals surface area contributed by atoms with Crippen LogP contribution in [0, 0.1) is 0 Å². The van der Waals surface area contributed by atoms with Crippen molar-refractivity contribution in [1.29, 1.82) is 0 Å². The van der Waals surface area contributed by atoms with Crippen LogP contribution in [0.2, 0.25) is 0 Å². The second kappa shape index (κ2) is 6.36. The zero-order chi connectivity index (χ0) is 18.2. The number of likely N-dealkylation sites (tertiary alicyclic amines) is 1. The number of aliphatic hydroxyl groups excluding tert-OH is 1. The summed E-state index contributed by atoms with van der Waals surface area (Å²) in [7, 11) is 0. The number of amides is 1. The number of aromatic hydroxyl groups is 1. The third-order valence-corrected chi connectivity index (χ3v) is 4.15. The van der Waals surface area contributed by atoms with Crippen molar-refractivity contribution in [1.82, 2.24) is 9.88 Å². The molecule has 1 aromatic carbocycles. The van der Waals surface area contributed by atoms with Crippen LogP contribution in [0.3, 0.4) is 0 Å². The number of halogens is 3. The molecule has 25 heavy (non-hydrogen) atoms. The SMILES string of the molecule is O=C(c1ncccc1O)N1C[C@H](O)C[C@@H]1c1ccc(C(F)(F)F)cc1. The van der Waals surface area contributed by atoms with Gasteiger partial charge in [0.25, 0.3) is 5.91 Å². The lowest BCUT2D eigenvalue weighted by atomic mass is 10.0. The minimum Gasteiger partial charge on any atom is -0.505 e. The summed E-state index contributed by atoms with van der Waals surface area (Å²) in [4.78, 5) is 17.8. The second-order valence-corrected chi connectivity index (χ2v) is 5.85. The Morgan fingerprint density at radius 2 is 1.88 bits per heavy atom. The van der Waals surface area contributed by atoms with Gasteiger partial charge < -0.3 is 15.1 Å². The van der Waals surface area contributed by atoms with E-state index in [1.54, 1.807) is 0 Å². The third-order valence-electron chi connectivity index (χ3n) is 4.15. The lowest BCUT2D eigenvalue weighted by molar-refractivity contribution is -0.137. The topological polar surface area (TPSA) is 73.7 Å². The molecule has 1 aliphatic rings. The Labute approximate surface area is 141 Å². The third kappa shape index (κ3) is 3.43. The highest BCUT2D eigenvalue weighted by Crippen LogP contribution is 2.36. The van der Waals surface area contributed by atoms with Crippen LogP contribution >= 0.6 is 0 Å². The van der Waals surface area contributed by atoms with Gasteiger partial charge in [0.1, 0.15) is 5.75 Å². The summed E-state index contributed by atoms with van der Waals surface area (Å²) in [5, 5.41) is 19.7. The molecule has 0 radical (unpaired) electrons. The van der Waals surface area contributed by atoms with Crippen molar-refractivity contribution in [2.45, 2.75) is 24.7 Å². The summed E-state index contributed by atoms with van der Waals surface area (Å²) in [5.74, 6) is -0.875. The van der Waals surface area contributed by atoms with E-state index in [4.69, 9.17) is 0 Å². The normalized spacial score (nSPS) is 20.7. The maximum Gasteiger partial charge on any atom is 0.416 e. The van der Waals surface area contributed by atoms with Gasteiger partial charge in [-0.1, -0.05) is 12.1 Å². The van der Waals surface area contributed by atoms with Crippen LogP contribution in [-0.4, -0.2) is 38.7 Å². The molecule has 1 saturated heterocycles. The maximum atomic E-state index is 12.7. The molecule has 1 fully saturated rings. The molecule has 2 atom stereocenters. The number of carbonyl (C=O) groups is 1. The van der Waals surface area contributed by atoms with Crippen molar-refractivity contribution in [3.8, 4) is 5.75 Å². The lowest BCUT2D eigenvalue weighted by Gasteiger charge is -2.25. The number of carbonyl (C=O) groups excluding carboxylic acids is 1. The molecule has 3 rings (SSSR count). The number of benzene rings is 1. The smallest absolute Gasteiger partial charge is 0.416 e. The van der Waals surface area contributed by atoms with Crippen molar-refractivity contribution in [2.75, 3.05) is 6.54 Å². The van der Waals surface area contributed by atoms with Crippen molar-refractivity contribution in [3.05, 3.63) is 59.4 Å². The van der Waals surface area contributed by atoms with Crippen LogP contribution in [0.5, 0.6) is 5.75 Å². The summed E-state index contributed by atoms with van der Waals surface area (Å²) in [6, 6.07) is 6.68. The fourth-order valence-electron chi connectivity index (χ4n) is 2.95. The van der Waals surface area contributed by atoms with E-state index in [9.17, 15) is 28.2 Å². The molecule has 0 unspecified atom stereocenters. The van der Waals surface area contributed by atoms with E-state index in [1.165, 1.54) is 35.4 Å². The molecule has 2 aromatic rings. The van der Waals surface area contributed by atoms with E-state index in [-0.39, 0.29) is 24.4 Å². The molecule has 1 aromatic heterocycles. The molecular weight excluding hydrogens is 337 g/mol. The minimum atomic E-state index is -4.44. The standard InChI is InChI=1S/C17H15F3N2O3/c18-17(19,20)11-5-3-10(4-6-11)13-8-12(23)9-22(13)16(25)15-14(24)2-1-7-21-15/h1-7,12-13,23-24H,8-9H2/t12-,13-/m1/s1. The first-order valence-electron chi connectivity index (χ1n) is 7.57. The van der Waals surface area contributed by atoms with Gasteiger partial charge in [-0.25, -0.2) is 4.98 Å². The first-order valence-corrected chi connectivity index (χ1v) is 7.57. The van der Waals surface area contributed by atoms with Gasteiger partial charge in [-0.05, 0) is 36.2 Å². The van der Waals surface area contributed by atoms with Gasteiger partial charge in [0.05, 0.1) is 17.7 Å². The van der Waals surface area contributed by atoms with Crippen LogP contribution < -0.4 is 0 Å². The lowest BCUT2D eigenvalue weighted by Crippen LogP contribution is -2.32. The average molecular weight is 352 g/mol. The van der Waals surface area contributed by atoms with Crippen molar-refractivity contribution in [2.24, 2.45) is 0 Å². The van der Waals surface area contributed by atoms with Gasteiger partial charge in [0.15, 0.2) is 5.69 Å². The predicted octanol–water partition coefficient (Wildman–Crippen LogP) is 2.75. The van der Waals surface area contributed by atoms with E-state index in [2.05, 4.69) is 4.98 Å². The van der Waals surface area contributed by atoms with Crippen LogP contribution in [0.15, 0.2) is 42.6 Å². The quantitative estimate of drug-likeness (QED) is 0.872. The van der Waals surface area contributed by atoms with E-state index in [1.807, 2.05) is 0 Å². The molecule has 0 bridgehead atoms. The van der Waals surface area contributed by atoms with Gasteiger partial charge in [0.2, 0.25) is 0 Å². The molecule has 8 heteroatoms. The number of aromatic nitrogens is 1. The van der Waals surface area contributed by atoms with Gasteiger partial charge in [0, 0.05) is 12.7 Å². The Kier molecular flexibility index (Phi) is 4.38. The monoisotopic (exact) mass is 352 g/mol. The first-order chi connectivity index (χ1) is 11.8. The van der Waals surface area contributed by atoms with E-state index >= 15 is 0 Å². The second-order valence-electron chi connectivity index (χ2n) is 5.85. The van der Waals surface area contributed by atoms with Gasteiger partial charge in [-0.3, -0.25) is 4.79 Å². The van der Waals surface area contributed by atoms with Crippen molar-refractivity contribution in [3.63, 3.8) is 0 Å². The fourth-order valence-corrected chi connectivity index (χ4v) is 2.95. The van der Waals surface area contributed by atoms with Crippen LogP contribution in [0.25, 0.3) is 0 Å². The summed E-state index contributed by atoms with van der Waals surface area (Å²) in [6.07, 6.45) is -3.69. The molecule has 2 N–H and O–H groups in total. The summed E-state index contributed by atoms with van der Waals surface area (Å²) >= 11 is 0. The Hall–Kier alpha value is -2.61. The highest BCUT2D eigenvalue weighted by Gasteiger charge is 2.37. The van der Waals surface area contributed by atoms with Crippen LogP contribution in [0.1, 0.15) is 34.1 Å². The predicted molar refractivity (Wildman–Crippen MR) is 81.7 cm³/mol. The molecule has 132 valence electrons. The Morgan fingerprint density at radius 1 is 1.20 bits per heavy atom. The number of β-amino-alcohol motifs (C(OH)–C–C–N with tert-alkyl or cyclic N) is 1. The molecule has 0 saturated carbocycles. The fraction of sp³-hybridized carbons (Fsp3) is 0.294. The Bertz CT molecular complexity index is 777. The molecule has 5 nitrogen and oxygen atoms in total. The molecule has 1 aliphatic heterocycles. The average Bonchev–Trinajstić information content (AvgIpc) is 2.96. The molecule has 0 spiro atoms. The van der Waals surface area contributed by atoms with E-state index in [0.29, 0.717) is 5.56 Å². The van der Waals surface area contributed by atoms with Gasteiger partial charge >= 0.3 is 6.18 Å². The number of hydrogen-bond donors (Lipinski definition) is 2. The molecule has 0 aliphatic carbocycles. The number of hydrogen-bond acceptors (Lipinski definition) is 4. The number of aliphatic hydroxyl groups is 1. The minimum absolute atomic E-state index is 0.0144. The molecule has 1 amide bonds. The van der Waals surface area contributed by atoms with Gasteiger partial charge in [-0.2, -0.15) is 13.2 Å². The summed E-state index contributed by atoms with van der Waals surface area (Å²) < 4.78 is 38.1. The molecule has 2 heterocycles. The number of rotatable bonds is 2. The first kappa shape index (κ1) is 17.2. The van der Waals surface area contributed by atoms with E-state index in [0.717, 1.165) is 12.1 Å². The zero-order valence-electron chi connectivity index (χ0n) is 12.9. The summed E-state index contributed by atoms with van der Waals surface area (Å²) in [6.45, 7) is 0.0144. The van der Waals surface area contributed by atoms with Crippen LogP contribution in [0.4, 0.5) is 13.2 Å². The highest BCUT2D eigenvalue weighted by atomic mass is 19.4. The zero-order valence-corrected chi connectivity index (χ0v) is 12.9. The van der Waals surface area contributed by atoms with E-state index < -0.39 is 29.8 Å².